The lowest BCUT2D eigenvalue weighted by molar-refractivity contribution is 0.0517. The van der Waals surface area contributed by atoms with Gasteiger partial charge in [0.15, 0.2) is 12.0 Å². The molecule has 1 aromatic heterocycles. The first-order chi connectivity index (χ1) is 9.19. The van der Waals surface area contributed by atoms with Crippen LogP contribution in [-0.2, 0) is 4.74 Å². The number of hydrogen-bond acceptors (Lipinski definition) is 4. The minimum atomic E-state index is -0.719. The molecule has 1 N–H and O–H groups in total. The number of benzene rings is 1. The maximum Gasteiger partial charge on any atom is 0.359 e. The molecule has 0 saturated carbocycles. The van der Waals surface area contributed by atoms with Crippen LogP contribution < -0.4 is 0 Å². The summed E-state index contributed by atoms with van der Waals surface area (Å²) in [5.41, 5.74) is 0.183. The summed E-state index contributed by atoms with van der Waals surface area (Å²) >= 11 is 0. The number of carbonyl (C=O) groups is 2. The molecule has 0 bridgehead atoms. The van der Waals surface area contributed by atoms with Crippen molar-refractivity contribution in [2.75, 3.05) is 6.61 Å². The lowest BCUT2D eigenvalue weighted by atomic mass is 10.1. The molecule has 0 atom stereocenters. The van der Waals surface area contributed by atoms with Crippen molar-refractivity contribution in [2.45, 2.75) is 6.92 Å². The first kappa shape index (κ1) is 12.9. The summed E-state index contributed by atoms with van der Waals surface area (Å²) in [6.07, 6.45) is 0.456. The Morgan fingerprint density at radius 3 is 2.84 bits per heavy atom. The Morgan fingerprint density at radius 2 is 2.21 bits per heavy atom. The Kier molecular flexibility index (Phi) is 3.70. The Bertz CT molecular complexity index is 622. The van der Waals surface area contributed by atoms with E-state index in [0.717, 1.165) is 0 Å². The summed E-state index contributed by atoms with van der Waals surface area (Å²) < 4.78 is 18.4. The van der Waals surface area contributed by atoms with Crippen LogP contribution in [0.25, 0.3) is 11.3 Å². The van der Waals surface area contributed by atoms with E-state index in [1.165, 1.54) is 18.2 Å². The van der Waals surface area contributed by atoms with Crippen molar-refractivity contribution >= 4 is 12.3 Å². The lowest BCUT2D eigenvalue weighted by Crippen LogP contribution is -2.07. The molecule has 0 radical (unpaired) electrons. The quantitative estimate of drug-likeness (QED) is 0.677. The number of halogens is 1. The fourth-order valence-corrected chi connectivity index (χ4v) is 1.69. The van der Waals surface area contributed by atoms with Gasteiger partial charge in [0.1, 0.15) is 5.82 Å². The number of ether oxygens (including phenoxy) is 1. The van der Waals surface area contributed by atoms with Gasteiger partial charge in [0.25, 0.3) is 0 Å². The number of carbonyl (C=O) groups excluding carboxylic acids is 2. The Balaban J connectivity index is 2.52. The van der Waals surface area contributed by atoms with Gasteiger partial charge in [-0.15, -0.1) is 0 Å². The number of hydrogen-bond donors (Lipinski definition) is 1. The fourth-order valence-electron chi connectivity index (χ4n) is 1.69. The van der Waals surface area contributed by atoms with Gasteiger partial charge in [0.2, 0.25) is 0 Å². The number of H-pyrrole nitrogens is 1. The maximum absolute atomic E-state index is 13.7. The molecule has 19 heavy (non-hydrogen) atoms. The van der Waals surface area contributed by atoms with Gasteiger partial charge < -0.3 is 4.74 Å². The molecule has 0 unspecified atom stereocenters. The molecule has 0 amide bonds. The SMILES string of the molecule is CCOC(=O)c1n[nH]c(-c2ccccc2F)c1C=O. The van der Waals surface area contributed by atoms with Crippen LogP contribution in [0, 0.1) is 5.82 Å². The topological polar surface area (TPSA) is 72.0 Å². The maximum atomic E-state index is 13.7. The predicted octanol–water partition coefficient (Wildman–Crippen LogP) is 2.21. The summed E-state index contributed by atoms with van der Waals surface area (Å²) in [5, 5.41) is 6.23. The first-order valence-corrected chi connectivity index (χ1v) is 5.64. The van der Waals surface area contributed by atoms with Gasteiger partial charge in [-0.3, -0.25) is 9.89 Å². The van der Waals surface area contributed by atoms with E-state index in [9.17, 15) is 14.0 Å². The van der Waals surface area contributed by atoms with Crippen molar-refractivity contribution in [2.24, 2.45) is 0 Å². The van der Waals surface area contributed by atoms with E-state index in [4.69, 9.17) is 4.74 Å². The van der Waals surface area contributed by atoms with Crippen LogP contribution in [0.15, 0.2) is 24.3 Å². The van der Waals surface area contributed by atoms with Gasteiger partial charge in [-0.2, -0.15) is 5.10 Å². The molecular weight excluding hydrogens is 251 g/mol. The molecule has 2 rings (SSSR count). The Hall–Kier alpha value is -2.50. The van der Waals surface area contributed by atoms with Crippen molar-refractivity contribution in [3.05, 3.63) is 41.3 Å². The van der Waals surface area contributed by atoms with Crippen molar-refractivity contribution in [1.29, 1.82) is 0 Å². The van der Waals surface area contributed by atoms with Crippen molar-refractivity contribution in [1.82, 2.24) is 10.2 Å². The third kappa shape index (κ3) is 2.37. The number of nitrogens with zero attached hydrogens (tertiary/aromatic N) is 1. The zero-order valence-electron chi connectivity index (χ0n) is 10.1. The summed E-state index contributed by atoms with van der Waals surface area (Å²) in [7, 11) is 0. The van der Waals surface area contributed by atoms with Gasteiger partial charge in [0, 0.05) is 5.56 Å². The number of nitrogens with one attached hydrogen (secondary N) is 1. The van der Waals surface area contributed by atoms with Crippen molar-refractivity contribution in [3.8, 4) is 11.3 Å². The van der Waals surface area contributed by atoms with E-state index in [1.807, 2.05) is 0 Å². The minimum Gasteiger partial charge on any atom is -0.461 e. The number of aldehydes is 1. The molecule has 98 valence electrons. The highest BCUT2D eigenvalue weighted by Crippen LogP contribution is 2.25. The van der Waals surface area contributed by atoms with Gasteiger partial charge in [0.05, 0.1) is 17.9 Å². The van der Waals surface area contributed by atoms with Crippen LogP contribution in [0.2, 0.25) is 0 Å². The van der Waals surface area contributed by atoms with Crippen LogP contribution in [0.1, 0.15) is 27.8 Å². The number of rotatable bonds is 4. The summed E-state index contributed by atoms with van der Waals surface area (Å²) in [6, 6.07) is 5.90. The largest absolute Gasteiger partial charge is 0.461 e. The van der Waals surface area contributed by atoms with E-state index < -0.39 is 11.8 Å². The van der Waals surface area contributed by atoms with Gasteiger partial charge in [-0.05, 0) is 19.1 Å². The molecule has 2 aromatic rings. The summed E-state index contributed by atoms with van der Waals surface area (Å²) in [4.78, 5) is 22.7. The number of aromatic nitrogens is 2. The first-order valence-electron chi connectivity index (χ1n) is 5.64. The molecule has 0 aliphatic heterocycles. The lowest BCUT2D eigenvalue weighted by Gasteiger charge is -2.01. The fraction of sp³-hybridized carbons (Fsp3) is 0.154. The van der Waals surface area contributed by atoms with Gasteiger partial charge >= 0.3 is 5.97 Å². The van der Waals surface area contributed by atoms with E-state index in [-0.39, 0.29) is 29.1 Å². The van der Waals surface area contributed by atoms with Crippen LogP contribution in [0.3, 0.4) is 0 Å². The van der Waals surface area contributed by atoms with Crippen LogP contribution in [-0.4, -0.2) is 29.1 Å². The van der Waals surface area contributed by atoms with E-state index in [0.29, 0.717) is 6.29 Å². The molecule has 1 aromatic carbocycles. The Morgan fingerprint density at radius 1 is 1.47 bits per heavy atom. The van der Waals surface area contributed by atoms with Crippen LogP contribution in [0.4, 0.5) is 4.39 Å². The zero-order chi connectivity index (χ0) is 13.8. The normalized spacial score (nSPS) is 10.2. The molecule has 0 aliphatic carbocycles. The highest BCUT2D eigenvalue weighted by Gasteiger charge is 2.22. The monoisotopic (exact) mass is 262 g/mol. The average molecular weight is 262 g/mol. The molecule has 0 aliphatic rings. The molecule has 0 saturated heterocycles. The molecule has 1 heterocycles. The predicted molar refractivity (Wildman–Crippen MR) is 65.3 cm³/mol. The van der Waals surface area contributed by atoms with Crippen LogP contribution >= 0.6 is 0 Å². The van der Waals surface area contributed by atoms with E-state index in [1.54, 1.807) is 13.0 Å². The highest BCUT2D eigenvalue weighted by atomic mass is 19.1. The summed E-state index contributed by atoms with van der Waals surface area (Å²) in [6.45, 7) is 1.81. The number of aromatic amines is 1. The van der Waals surface area contributed by atoms with Crippen molar-refractivity contribution < 1.29 is 18.7 Å². The minimum absolute atomic E-state index is 0.0106. The molecule has 6 heteroatoms. The molecule has 0 spiro atoms. The van der Waals surface area contributed by atoms with Crippen LogP contribution in [0.5, 0.6) is 0 Å². The summed E-state index contributed by atoms with van der Waals surface area (Å²) in [5.74, 6) is -1.23. The molecular formula is C13H11FN2O3. The second-order valence-corrected chi connectivity index (χ2v) is 3.68. The highest BCUT2D eigenvalue weighted by molar-refractivity contribution is 6.00. The molecule has 0 fully saturated rings. The third-order valence-corrected chi connectivity index (χ3v) is 2.53. The second kappa shape index (κ2) is 5.43. The van der Waals surface area contributed by atoms with Crippen molar-refractivity contribution in [3.63, 3.8) is 0 Å². The van der Waals surface area contributed by atoms with E-state index >= 15 is 0 Å². The smallest absolute Gasteiger partial charge is 0.359 e. The second-order valence-electron chi connectivity index (χ2n) is 3.68. The standard InChI is InChI=1S/C13H11FN2O3/c1-2-19-13(18)12-9(7-17)11(15-16-12)8-5-3-4-6-10(8)14/h3-7H,2H2,1H3,(H,15,16). The number of esters is 1. The molecule has 5 nitrogen and oxygen atoms in total. The van der Waals surface area contributed by atoms with Gasteiger partial charge in [-0.25, -0.2) is 9.18 Å². The van der Waals surface area contributed by atoms with Gasteiger partial charge in [-0.1, -0.05) is 12.1 Å². The third-order valence-electron chi connectivity index (χ3n) is 2.53. The zero-order valence-corrected chi connectivity index (χ0v) is 10.1. The Labute approximate surface area is 108 Å². The average Bonchev–Trinajstić information content (AvgIpc) is 2.83. The van der Waals surface area contributed by atoms with E-state index in [2.05, 4.69) is 10.2 Å².